The minimum Gasteiger partial charge on any atom is -0.319 e. The van der Waals surface area contributed by atoms with Crippen molar-refractivity contribution in [3.8, 4) is 0 Å². The normalized spacial score (nSPS) is 25.1. The second kappa shape index (κ2) is 4.90. The van der Waals surface area contributed by atoms with Crippen molar-refractivity contribution in [2.45, 2.75) is 37.9 Å². The number of benzene rings is 1. The highest BCUT2D eigenvalue weighted by Gasteiger charge is 2.37. The van der Waals surface area contributed by atoms with Crippen molar-refractivity contribution in [1.82, 2.24) is 10.2 Å². The van der Waals surface area contributed by atoms with Gasteiger partial charge in [0.1, 0.15) is 6.17 Å². The Morgan fingerprint density at radius 3 is 2.50 bits per heavy atom. The van der Waals surface area contributed by atoms with Crippen LogP contribution in [0.5, 0.6) is 0 Å². The molecule has 1 amide bonds. The Kier molecular flexibility index (Phi) is 3.27. The fraction of sp³-hybridized carbons (Fsp3) is 0.500. The molecule has 0 radical (unpaired) electrons. The van der Waals surface area contributed by atoms with Gasteiger partial charge in [-0.25, -0.2) is 0 Å². The van der Waals surface area contributed by atoms with Gasteiger partial charge in [0.05, 0.1) is 6.54 Å². The van der Waals surface area contributed by atoms with Crippen LogP contribution in [0.2, 0.25) is 5.02 Å². The lowest BCUT2D eigenvalue weighted by atomic mass is 10.1. The summed E-state index contributed by atoms with van der Waals surface area (Å²) in [6.07, 6.45) is 4.77. The van der Waals surface area contributed by atoms with Crippen molar-refractivity contribution >= 4 is 17.5 Å². The topological polar surface area (TPSA) is 32.3 Å². The van der Waals surface area contributed by atoms with E-state index in [0.717, 1.165) is 23.4 Å². The van der Waals surface area contributed by atoms with Crippen LogP contribution in [-0.4, -0.2) is 23.4 Å². The molecule has 1 saturated heterocycles. The second-order valence-corrected chi connectivity index (χ2v) is 5.51. The molecule has 96 valence electrons. The molecule has 1 aliphatic carbocycles. The monoisotopic (exact) mass is 264 g/mol. The van der Waals surface area contributed by atoms with Gasteiger partial charge >= 0.3 is 0 Å². The molecule has 1 aromatic rings. The van der Waals surface area contributed by atoms with Crippen LogP contribution in [0.1, 0.15) is 37.4 Å². The summed E-state index contributed by atoms with van der Waals surface area (Å²) in [5.41, 5.74) is 1.12. The maximum absolute atomic E-state index is 12.0. The molecule has 18 heavy (non-hydrogen) atoms. The largest absolute Gasteiger partial charge is 0.319 e. The van der Waals surface area contributed by atoms with Gasteiger partial charge in [0, 0.05) is 11.1 Å². The predicted octanol–water partition coefficient (Wildman–Crippen LogP) is 2.71. The third-order valence-corrected chi connectivity index (χ3v) is 4.17. The van der Waals surface area contributed by atoms with E-state index in [2.05, 4.69) is 5.32 Å². The van der Waals surface area contributed by atoms with Crippen LogP contribution in [0.4, 0.5) is 0 Å². The van der Waals surface area contributed by atoms with Gasteiger partial charge in [-0.05, 0) is 30.5 Å². The lowest BCUT2D eigenvalue weighted by molar-refractivity contribution is -0.130. The van der Waals surface area contributed by atoms with Crippen LogP contribution in [-0.2, 0) is 4.79 Å². The Morgan fingerprint density at radius 2 is 1.83 bits per heavy atom. The van der Waals surface area contributed by atoms with E-state index in [4.69, 9.17) is 11.6 Å². The van der Waals surface area contributed by atoms with Crippen molar-refractivity contribution in [1.29, 1.82) is 0 Å². The zero-order chi connectivity index (χ0) is 12.5. The first kappa shape index (κ1) is 12.0. The third kappa shape index (κ3) is 2.13. The molecular formula is C14H17ClN2O. The second-order valence-electron chi connectivity index (χ2n) is 5.07. The molecule has 2 fully saturated rings. The first-order chi connectivity index (χ1) is 8.75. The quantitative estimate of drug-likeness (QED) is 0.891. The number of amides is 1. The molecule has 2 aliphatic rings. The summed E-state index contributed by atoms with van der Waals surface area (Å²) < 4.78 is 0. The average Bonchev–Trinajstić information content (AvgIpc) is 2.99. The summed E-state index contributed by atoms with van der Waals surface area (Å²) in [4.78, 5) is 14.1. The molecule has 1 saturated carbocycles. The van der Waals surface area contributed by atoms with Crippen LogP contribution in [0, 0.1) is 0 Å². The molecule has 4 heteroatoms. The molecule has 1 atom stereocenters. The van der Waals surface area contributed by atoms with E-state index < -0.39 is 0 Å². The lowest BCUT2D eigenvalue weighted by Gasteiger charge is -2.30. The zero-order valence-electron chi connectivity index (χ0n) is 10.2. The van der Waals surface area contributed by atoms with Gasteiger partial charge < -0.3 is 4.90 Å². The first-order valence-electron chi connectivity index (χ1n) is 6.56. The van der Waals surface area contributed by atoms with Crippen molar-refractivity contribution < 1.29 is 4.79 Å². The summed E-state index contributed by atoms with van der Waals surface area (Å²) >= 11 is 5.91. The Balaban J connectivity index is 1.85. The highest BCUT2D eigenvalue weighted by Crippen LogP contribution is 2.32. The van der Waals surface area contributed by atoms with Crippen molar-refractivity contribution in [3.05, 3.63) is 34.9 Å². The molecule has 0 aromatic heterocycles. The molecule has 3 rings (SSSR count). The number of nitrogens with zero attached hydrogens (tertiary/aromatic N) is 1. The summed E-state index contributed by atoms with van der Waals surface area (Å²) in [5.74, 6) is 0.224. The number of rotatable bonds is 2. The van der Waals surface area contributed by atoms with E-state index >= 15 is 0 Å². The molecule has 3 nitrogen and oxygen atoms in total. The van der Waals surface area contributed by atoms with E-state index in [-0.39, 0.29) is 12.1 Å². The average molecular weight is 265 g/mol. The van der Waals surface area contributed by atoms with Crippen LogP contribution in [0.3, 0.4) is 0 Å². The van der Waals surface area contributed by atoms with E-state index in [9.17, 15) is 4.79 Å². The highest BCUT2D eigenvalue weighted by molar-refractivity contribution is 6.30. The van der Waals surface area contributed by atoms with Gasteiger partial charge in [0.2, 0.25) is 5.91 Å². The van der Waals surface area contributed by atoms with E-state index in [1.165, 1.54) is 12.8 Å². The third-order valence-electron chi connectivity index (χ3n) is 3.92. The van der Waals surface area contributed by atoms with E-state index in [1.54, 1.807) is 0 Å². The number of hydrogen-bond acceptors (Lipinski definition) is 2. The molecule has 1 aliphatic heterocycles. The fourth-order valence-corrected chi connectivity index (χ4v) is 3.16. The fourth-order valence-electron chi connectivity index (χ4n) is 3.04. The van der Waals surface area contributed by atoms with Crippen LogP contribution >= 0.6 is 11.6 Å². The Bertz CT molecular complexity index is 440. The predicted molar refractivity (Wildman–Crippen MR) is 71.3 cm³/mol. The molecule has 0 bridgehead atoms. The highest BCUT2D eigenvalue weighted by atomic mass is 35.5. The van der Waals surface area contributed by atoms with E-state index in [0.29, 0.717) is 12.6 Å². The number of hydrogen-bond donors (Lipinski definition) is 1. The molecule has 1 N–H and O–H groups in total. The van der Waals surface area contributed by atoms with Gasteiger partial charge in [-0.1, -0.05) is 36.6 Å². The maximum Gasteiger partial charge on any atom is 0.238 e. The van der Waals surface area contributed by atoms with Crippen molar-refractivity contribution in [3.63, 3.8) is 0 Å². The summed E-state index contributed by atoms with van der Waals surface area (Å²) in [6, 6.07) is 8.18. The summed E-state index contributed by atoms with van der Waals surface area (Å²) in [5, 5.41) is 4.03. The Morgan fingerprint density at radius 1 is 1.17 bits per heavy atom. The molecule has 1 unspecified atom stereocenters. The first-order valence-corrected chi connectivity index (χ1v) is 6.93. The van der Waals surface area contributed by atoms with Crippen molar-refractivity contribution in [2.24, 2.45) is 0 Å². The molecular weight excluding hydrogens is 248 g/mol. The van der Waals surface area contributed by atoms with Gasteiger partial charge in [-0.2, -0.15) is 0 Å². The lowest BCUT2D eigenvalue weighted by Crippen LogP contribution is -2.38. The zero-order valence-corrected chi connectivity index (χ0v) is 11.0. The molecule has 1 heterocycles. The maximum atomic E-state index is 12.0. The summed E-state index contributed by atoms with van der Waals surface area (Å²) in [7, 11) is 0. The number of carbonyl (C=O) groups is 1. The Labute approximate surface area is 112 Å². The van der Waals surface area contributed by atoms with Crippen molar-refractivity contribution in [2.75, 3.05) is 6.54 Å². The summed E-state index contributed by atoms with van der Waals surface area (Å²) in [6.45, 7) is 0.448. The van der Waals surface area contributed by atoms with Gasteiger partial charge in [0.25, 0.3) is 0 Å². The van der Waals surface area contributed by atoms with Crippen LogP contribution in [0.15, 0.2) is 24.3 Å². The van der Waals surface area contributed by atoms with Crippen LogP contribution < -0.4 is 5.32 Å². The SMILES string of the molecule is O=C1CNC(c2ccc(Cl)cc2)N1C1CCCC1. The minimum atomic E-state index is 0.0258. The number of halogens is 1. The molecule has 0 spiro atoms. The van der Waals surface area contributed by atoms with Gasteiger partial charge in [-0.15, -0.1) is 0 Å². The number of nitrogens with one attached hydrogen (secondary N) is 1. The Hall–Kier alpha value is -1.06. The standard InChI is InChI=1S/C14H17ClN2O/c15-11-7-5-10(6-8-11)14-16-9-13(18)17(14)12-3-1-2-4-12/h5-8,12,14,16H,1-4,9H2. The van der Waals surface area contributed by atoms with Crippen LogP contribution in [0.25, 0.3) is 0 Å². The molecule has 1 aromatic carbocycles. The van der Waals surface area contributed by atoms with E-state index in [1.807, 2.05) is 29.2 Å². The van der Waals surface area contributed by atoms with Gasteiger partial charge in [0.15, 0.2) is 0 Å². The minimum absolute atomic E-state index is 0.0258. The number of carbonyl (C=O) groups excluding carboxylic acids is 1. The smallest absolute Gasteiger partial charge is 0.238 e. The van der Waals surface area contributed by atoms with Gasteiger partial charge in [-0.3, -0.25) is 10.1 Å².